The van der Waals surface area contributed by atoms with Crippen molar-refractivity contribution in [3.63, 3.8) is 0 Å². The third-order valence-corrected chi connectivity index (χ3v) is 3.00. The van der Waals surface area contributed by atoms with Crippen LogP contribution in [0.1, 0.15) is 28.2 Å². The van der Waals surface area contributed by atoms with E-state index in [0.29, 0.717) is 13.2 Å². The molecule has 1 heterocycles. The Hall–Kier alpha value is -1.74. The molecule has 0 amide bonds. The van der Waals surface area contributed by atoms with Crippen molar-refractivity contribution in [1.29, 1.82) is 0 Å². The van der Waals surface area contributed by atoms with E-state index in [4.69, 9.17) is 14.9 Å². The number of hydrogen-bond acceptors (Lipinski definition) is 3. The molecule has 0 unspecified atom stereocenters. The highest BCUT2D eigenvalue weighted by atomic mass is 16.5. The summed E-state index contributed by atoms with van der Waals surface area (Å²) in [4.78, 5) is 0. The van der Waals surface area contributed by atoms with Gasteiger partial charge in [0, 0.05) is 5.56 Å². The van der Waals surface area contributed by atoms with Gasteiger partial charge in [-0.15, -0.1) is 0 Å². The van der Waals surface area contributed by atoms with Crippen LogP contribution >= 0.6 is 0 Å². The van der Waals surface area contributed by atoms with Gasteiger partial charge < -0.3 is 14.9 Å². The molecular weight excluding hydrogens is 226 g/mol. The molecule has 0 bridgehead atoms. The Bertz CT molecular complexity index is 543. The lowest BCUT2D eigenvalue weighted by molar-refractivity contribution is 0.301. The van der Waals surface area contributed by atoms with E-state index < -0.39 is 0 Å². The van der Waals surface area contributed by atoms with Gasteiger partial charge in [0.25, 0.3) is 0 Å². The van der Waals surface area contributed by atoms with E-state index in [2.05, 4.69) is 25.1 Å². The first-order valence-corrected chi connectivity index (χ1v) is 6.08. The van der Waals surface area contributed by atoms with Gasteiger partial charge in [-0.3, -0.25) is 0 Å². The van der Waals surface area contributed by atoms with Crippen LogP contribution in [-0.2, 0) is 13.2 Å². The van der Waals surface area contributed by atoms with Crippen LogP contribution in [0.15, 0.2) is 28.7 Å². The molecule has 0 saturated carbocycles. The highest BCUT2D eigenvalue weighted by molar-refractivity contribution is 5.36. The maximum atomic E-state index is 5.84. The monoisotopic (exact) mass is 245 g/mol. The Morgan fingerprint density at radius 1 is 1.17 bits per heavy atom. The number of benzene rings is 1. The number of ether oxygens (including phenoxy) is 1. The standard InChI is InChI=1S/C15H19NO2/c1-10-4-5-11(2)15(6-10)17-9-13-7-14(8-16)18-12(13)3/h4-7H,8-9,16H2,1-3H3. The van der Waals surface area contributed by atoms with Crippen LogP contribution in [0, 0.1) is 20.8 Å². The molecule has 0 radical (unpaired) electrons. The zero-order valence-corrected chi connectivity index (χ0v) is 11.1. The summed E-state index contributed by atoms with van der Waals surface area (Å²) in [7, 11) is 0. The predicted octanol–water partition coefficient (Wildman–Crippen LogP) is 3.24. The van der Waals surface area contributed by atoms with Crippen LogP contribution in [0.5, 0.6) is 5.75 Å². The molecule has 0 aliphatic heterocycles. The van der Waals surface area contributed by atoms with E-state index >= 15 is 0 Å². The molecule has 0 atom stereocenters. The number of hydrogen-bond donors (Lipinski definition) is 1. The van der Waals surface area contributed by atoms with Gasteiger partial charge in [-0.1, -0.05) is 12.1 Å². The Morgan fingerprint density at radius 2 is 1.94 bits per heavy atom. The molecule has 0 aliphatic carbocycles. The predicted molar refractivity (Wildman–Crippen MR) is 71.6 cm³/mol. The maximum absolute atomic E-state index is 5.84. The van der Waals surface area contributed by atoms with Crippen molar-refractivity contribution < 1.29 is 9.15 Å². The highest BCUT2D eigenvalue weighted by Gasteiger charge is 2.08. The summed E-state index contributed by atoms with van der Waals surface area (Å²) >= 11 is 0. The van der Waals surface area contributed by atoms with Gasteiger partial charge in [0.05, 0.1) is 6.54 Å². The SMILES string of the molecule is Cc1ccc(C)c(OCc2cc(CN)oc2C)c1. The number of furan rings is 1. The first kappa shape index (κ1) is 12.7. The number of aryl methyl sites for hydroxylation is 3. The van der Waals surface area contributed by atoms with Crippen molar-refractivity contribution in [3.8, 4) is 5.75 Å². The van der Waals surface area contributed by atoms with Gasteiger partial charge in [-0.05, 0) is 44.0 Å². The summed E-state index contributed by atoms with van der Waals surface area (Å²) < 4.78 is 11.3. The molecule has 0 fully saturated rings. The lowest BCUT2D eigenvalue weighted by Crippen LogP contribution is -1.98. The normalized spacial score (nSPS) is 10.7. The van der Waals surface area contributed by atoms with E-state index in [-0.39, 0.29) is 0 Å². The van der Waals surface area contributed by atoms with E-state index in [1.54, 1.807) is 0 Å². The fraction of sp³-hybridized carbons (Fsp3) is 0.333. The second-order valence-electron chi connectivity index (χ2n) is 4.56. The molecule has 3 heteroatoms. The zero-order chi connectivity index (χ0) is 13.1. The summed E-state index contributed by atoms with van der Waals surface area (Å²) in [6.07, 6.45) is 0. The summed E-state index contributed by atoms with van der Waals surface area (Å²) in [5.74, 6) is 2.60. The average molecular weight is 245 g/mol. The van der Waals surface area contributed by atoms with Crippen molar-refractivity contribution in [2.24, 2.45) is 5.73 Å². The fourth-order valence-corrected chi connectivity index (χ4v) is 1.85. The third-order valence-electron chi connectivity index (χ3n) is 3.00. The molecule has 0 saturated heterocycles. The molecule has 2 N–H and O–H groups in total. The highest BCUT2D eigenvalue weighted by Crippen LogP contribution is 2.22. The van der Waals surface area contributed by atoms with Crippen molar-refractivity contribution in [1.82, 2.24) is 0 Å². The lowest BCUT2D eigenvalue weighted by Gasteiger charge is -2.09. The minimum atomic E-state index is 0.421. The minimum Gasteiger partial charge on any atom is -0.488 e. The number of nitrogens with two attached hydrogens (primary N) is 1. The number of rotatable bonds is 4. The van der Waals surface area contributed by atoms with Gasteiger partial charge >= 0.3 is 0 Å². The lowest BCUT2D eigenvalue weighted by atomic mass is 10.1. The Morgan fingerprint density at radius 3 is 2.61 bits per heavy atom. The van der Waals surface area contributed by atoms with Gasteiger partial charge in [0.15, 0.2) is 0 Å². The maximum Gasteiger partial charge on any atom is 0.122 e. The Balaban J connectivity index is 2.11. The molecule has 2 aromatic rings. The zero-order valence-electron chi connectivity index (χ0n) is 11.1. The topological polar surface area (TPSA) is 48.4 Å². The van der Waals surface area contributed by atoms with E-state index in [9.17, 15) is 0 Å². The molecule has 18 heavy (non-hydrogen) atoms. The molecular formula is C15H19NO2. The summed E-state index contributed by atoms with van der Waals surface area (Å²) in [5, 5.41) is 0. The molecule has 0 aliphatic rings. The molecule has 0 spiro atoms. The molecule has 1 aromatic carbocycles. The second-order valence-corrected chi connectivity index (χ2v) is 4.56. The average Bonchev–Trinajstić information content (AvgIpc) is 2.71. The molecule has 3 nitrogen and oxygen atoms in total. The third kappa shape index (κ3) is 2.74. The van der Waals surface area contributed by atoms with Gasteiger partial charge in [0.2, 0.25) is 0 Å². The van der Waals surface area contributed by atoms with Gasteiger partial charge in [0.1, 0.15) is 23.9 Å². The Labute approximate surface area is 108 Å². The largest absolute Gasteiger partial charge is 0.488 e. The van der Waals surface area contributed by atoms with Crippen LogP contribution in [0.4, 0.5) is 0 Å². The van der Waals surface area contributed by atoms with Crippen molar-refractivity contribution in [3.05, 3.63) is 52.5 Å². The van der Waals surface area contributed by atoms with Gasteiger partial charge in [-0.25, -0.2) is 0 Å². The quantitative estimate of drug-likeness (QED) is 0.899. The minimum absolute atomic E-state index is 0.421. The summed E-state index contributed by atoms with van der Waals surface area (Å²) in [6.45, 7) is 6.97. The van der Waals surface area contributed by atoms with Crippen LogP contribution in [0.25, 0.3) is 0 Å². The van der Waals surface area contributed by atoms with Crippen molar-refractivity contribution in [2.75, 3.05) is 0 Å². The first-order valence-electron chi connectivity index (χ1n) is 6.08. The smallest absolute Gasteiger partial charge is 0.122 e. The van der Waals surface area contributed by atoms with Crippen molar-refractivity contribution in [2.45, 2.75) is 33.9 Å². The van der Waals surface area contributed by atoms with E-state index in [1.807, 2.05) is 19.9 Å². The van der Waals surface area contributed by atoms with E-state index in [1.165, 1.54) is 5.56 Å². The Kier molecular flexibility index (Phi) is 3.72. The van der Waals surface area contributed by atoms with Crippen LogP contribution in [-0.4, -0.2) is 0 Å². The first-order chi connectivity index (χ1) is 8.60. The van der Waals surface area contributed by atoms with E-state index in [0.717, 1.165) is 28.4 Å². The molecule has 2 rings (SSSR count). The summed E-state index contributed by atoms with van der Waals surface area (Å²) in [5.41, 5.74) is 8.94. The van der Waals surface area contributed by atoms with Crippen LogP contribution < -0.4 is 10.5 Å². The molecule has 1 aromatic heterocycles. The van der Waals surface area contributed by atoms with Crippen LogP contribution in [0.3, 0.4) is 0 Å². The molecule has 96 valence electrons. The second kappa shape index (κ2) is 5.27. The fourth-order valence-electron chi connectivity index (χ4n) is 1.85. The van der Waals surface area contributed by atoms with Crippen molar-refractivity contribution >= 4 is 0 Å². The van der Waals surface area contributed by atoms with Gasteiger partial charge in [-0.2, -0.15) is 0 Å². The summed E-state index contributed by atoms with van der Waals surface area (Å²) in [6, 6.07) is 8.16. The van der Waals surface area contributed by atoms with Crippen LogP contribution in [0.2, 0.25) is 0 Å².